The molecule has 0 heterocycles. The number of para-hydroxylation sites is 1. The standard InChI is InChI=1S/C13H21N3O/c1-15(2)13(16(3)4)14-10-9-11-7-5-6-8-12(11)17/h5-8,17H,9-10H2,1-4H3. The lowest BCUT2D eigenvalue weighted by Gasteiger charge is -2.22. The van der Waals surface area contributed by atoms with Crippen molar-refractivity contribution in [2.24, 2.45) is 4.99 Å². The predicted octanol–water partition coefficient (Wildman–Crippen LogP) is 1.41. The van der Waals surface area contributed by atoms with E-state index < -0.39 is 0 Å². The van der Waals surface area contributed by atoms with E-state index >= 15 is 0 Å². The van der Waals surface area contributed by atoms with Gasteiger partial charge in [0.1, 0.15) is 5.75 Å². The molecule has 0 aromatic heterocycles. The van der Waals surface area contributed by atoms with Crippen molar-refractivity contribution in [3.8, 4) is 5.75 Å². The van der Waals surface area contributed by atoms with E-state index in [9.17, 15) is 5.11 Å². The summed E-state index contributed by atoms with van der Waals surface area (Å²) in [5.74, 6) is 1.28. The zero-order chi connectivity index (χ0) is 12.8. The lowest BCUT2D eigenvalue weighted by atomic mass is 10.1. The highest BCUT2D eigenvalue weighted by Crippen LogP contribution is 2.15. The quantitative estimate of drug-likeness (QED) is 0.636. The van der Waals surface area contributed by atoms with E-state index in [1.165, 1.54) is 0 Å². The summed E-state index contributed by atoms with van der Waals surface area (Å²) in [6.45, 7) is 0.670. The van der Waals surface area contributed by atoms with Crippen molar-refractivity contribution in [2.75, 3.05) is 34.7 Å². The van der Waals surface area contributed by atoms with Crippen LogP contribution in [-0.4, -0.2) is 55.6 Å². The summed E-state index contributed by atoms with van der Waals surface area (Å²) in [7, 11) is 7.88. The number of phenols is 1. The van der Waals surface area contributed by atoms with Gasteiger partial charge in [0.2, 0.25) is 0 Å². The number of benzene rings is 1. The third-order valence-corrected chi connectivity index (χ3v) is 2.43. The first-order valence-electron chi connectivity index (χ1n) is 5.68. The fraction of sp³-hybridized carbons (Fsp3) is 0.462. The Morgan fingerprint density at radius 3 is 2.24 bits per heavy atom. The maximum Gasteiger partial charge on any atom is 0.195 e. The Morgan fingerprint density at radius 2 is 1.71 bits per heavy atom. The second-order valence-corrected chi connectivity index (χ2v) is 4.35. The van der Waals surface area contributed by atoms with Gasteiger partial charge in [-0.15, -0.1) is 0 Å². The highest BCUT2D eigenvalue weighted by Gasteiger charge is 2.04. The second-order valence-electron chi connectivity index (χ2n) is 4.35. The Labute approximate surface area is 103 Å². The van der Waals surface area contributed by atoms with E-state index in [1.54, 1.807) is 6.07 Å². The molecule has 0 aliphatic heterocycles. The second kappa shape index (κ2) is 6.13. The monoisotopic (exact) mass is 235 g/mol. The minimum atomic E-state index is 0.346. The van der Waals surface area contributed by atoms with Gasteiger partial charge in [0, 0.05) is 34.7 Å². The van der Waals surface area contributed by atoms with E-state index in [1.807, 2.05) is 56.2 Å². The van der Waals surface area contributed by atoms with Crippen LogP contribution in [0.5, 0.6) is 5.75 Å². The van der Waals surface area contributed by atoms with Gasteiger partial charge in [-0.05, 0) is 18.1 Å². The molecule has 0 aliphatic rings. The normalized spacial score (nSPS) is 9.88. The van der Waals surface area contributed by atoms with Crippen molar-refractivity contribution in [1.82, 2.24) is 9.80 Å². The molecule has 0 spiro atoms. The lowest BCUT2D eigenvalue weighted by Crippen LogP contribution is -2.35. The number of phenolic OH excluding ortho intramolecular Hbond substituents is 1. The zero-order valence-electron chi connectivity index (χ0n) is 11.0. The molecule has 0 unspecified atom stereocenters. The highest BCUT2D eigenvalue weighted by atomic mass is 16.3. The van der Waals surface area contributed by atoms with E-state index in [0.717, 1.165) is 17.9 Å². The number of aromatic hydroxyl groups is 1. The fourth-order valence-electron chi connectivity index (χ4n) is 1.68. The smallest absolute Gasteiger partial charge is 0.195 e. The van der Waals surface area contributed by atoms with E-state index in [0.29, 0.717) is 12.3 Å². The average Bonchev–Trinajstić information content (AvgIpc) is 2.25. The van der Waals surface area contributed by atoms with Crippen LogP contribution < -0.4 is 0 Å². The van der Waals surface area contributed by atoms with Gasteiger partial charge in [-0.3, -0.25) is 4.99 Å². The molecule has 94 valence electrons. The Balaban J connectivity index is 2.62. The zero-order valence-corrected chi connectivity index (χ0v) is 11.0. The molecular weight excluding hydrogens is 214 g/mol. The van der Waals surface area contributed by atoms with Crippen LogP contribution in [0.4, 0.5) is 0 Å². The average molecular weight is 235 g/mol. The number of aliphatic imine (C=N–C) groups is 1. The molecule has 4 nitrogen and oxygen atoms in total. The lowest BCUT2D eigenvalue weighted by molar-refractivity contribution is 0.466. The summed E-state index contributed by atoms with van der Waals surface area (Å²) in [5, 5.41) is 9.62. The largest absolute Gasteiger partial charge is 0.508 e. The molecule has 17 heavy (non-hydrogen) atoms. The SMILES string of the molecule is CN(C)C(=NCCc1ccccc1O)N(C)C. The van der Waals surface area contributed by atoms with Gasteiger partial charge in [0.05, 0.1) is 0 Å². The first-order valence-corrected chi connectivity index (χ1v) is 5.68. The van der Waals surface area contributed by atoms with Crippen molar-refractivity contribution >= 4 is 5.96 Å². The van der Waals surface area contributed by atoms with E-state index in [4.69, 9.17) is 0 Å². The van der Waals surface area contributed by atoms with Gasteiger partial charge >= 0.3 is 0 Å². The molecule has 1 aromatic carbocycles. The van der Waals surface area contributed by atoms with Gasteiger partial charge in [-0.1, -0.05) is 18.2 Å². The van der Waals surface area contributed by atoms with Gasteiger partial charge in [-0.2, -0.15) is 0 Å². The van der Waals surface area contributed by atoms with Crippen LogP contribution in [-0.2, 0) is 6.42 Å². The van der Waals surface area contributed by atoms with Crippen LogP contribution in [0.3, 0.4) is 0 Å². The number of guanidine groups is 1. The Hall–Kier alpha value is -1.71. The molecule has 0 bridgehead atoms. The summed E-state index contributed by atoms with van der Waals surface area (Å²) in [6, 6.07) is 7.39. The Bertz CT molecular complexity index is 376. The minimum Gasteiger partial charge on any atom is -0.508 e. The summed E-state index contributed by atoms with van der Waals surface area (Å²) >= 11 is 0. The van der Waals surface area contributed by atoms with Crippen molar-refractivity contribution in [1.29, 1.82) is 0 Å². The third kappa shape index (κ3) is 3.98. The molecule has 1 rings (SSSR count). The van der Waals surface area contributed by atoms with Gasteiger partial charge < -0.3 is 14.9 Å². The van der Waals surface area contributed by atoms with Crippen molar-refractivity contribution < 1.29 is 5.11 Å². The molecule has 1 aromatic rings. The van der Waals surface area contributed by atoms with Crippen molar-refractivity contribution in [2.45, 2.75) is 6.42 Å². The third-order valence-electron chi connectivity index (χ3n) is 2.43. The fourth-order valence-corrected chi connectivity index (χ4v) is 1.68. The summed E-state index contributed by atoms with van der Waals surface area (Å²) in [4.78, 5) is 8.47. The van der Waals surface area contributed by atoms with Crippen LogP contribution in [0.2, 0.25) is 0 Å². The Kier molecular flexibility index (Phi) is 4.82. The maximum absolute atomic E-state index is 9.62. The molecule has 0 saturated carbocycles. The molecule has 1 N–H and O–H groups in total. The van der Waals surface area contributed by atoms with Crippen LogP contribution in [0, 0.1) is 0 Å². The first-order chi connectivity index (χ1) is 8.02. The van der Waals surface area contributed by atoms with Crippen LogP contribution in [0.15, 0.2) is 29.3 Å². The number of hydrogen-bond donors (Lipinski definition) is 1. The number of rotatable bonds is 3. The number of hydrogen-bond acceptors (Lipinski definition) is 2. The van der Waals surface area contributed by atoms with Gasteiger partial charge in [-0.25, -0.2) is 0 Å². The molecule has 0 radical (unpaired) electrons. The van der Waals surface area contributed by atoms with Gasteiger partial charge in [0.25, 0.3) is 0 Å². The highest BCUT2D eigenvalue weighted by molar-refractivity contribution is 5.79. The molecule has 0 atom stereocenters. The summed E-state index contributed by atoms with van der Waals surface area (Å²) in [5.41, 5.74) is 0.938. The summed E-state index contributed by atoms with van der Waals surface area (Å²) in [6.07, 6.45) is 0.748. The van der Waals surface area contributed by atoms with E-state index in [-0.39, 0.29) is 0 Å². The minimum absolute atomic E-state index is 0.346. The predicted molar refractivity (Wildman–Crippen MR) is 71.5 cm³/mol. The number of nitrogens with zero attached hydrogens (tertiary/aromatic N) is 3. The maximum atomic E-state index is 9.62. The van der Waals surface area contributed by atoms with Crippen LogP contribution in [0.1, 0.15) is 5.56 Å². The van der Waals surface area contributed by atoms with Crippen molar-refractivity contribution in [3.63, 3.8) is 0 Å². The molecular formula is C13H21N3O. The van der Waals surface area contributed by atoms with Crippen LogP contribution >= 0.6 is 0 Å². The van der Waals surface area contributed by atoms with Crippen molar-refractivity contribution in [3.05, 3.63) is 29.8 Å². The molecule has 0 saturated heterocycles. The first kappa shape index (κ1) is 13.4. The molecule has 0 fully saturated rings. The molecule has 4 heteroatoms. The summed E-state index contributed by atoms with van der Waals surface area (Å²) < 4.78 is 0. The Morgan fingerprint density at radius 1 is 1.12 bits per heavy atom. The van der Waals surface area contributed by atoms with Gasteiger partial charge in [0.15, 0.2) is 5.96 Å². The topological polar surface area (TPSA) is 39.1 Å². The van der Waals surface area contributed by atoms with Crippen LogP contribution in [0.25, 0.3) is 0 Å². The van der Waals surface area contributed by atoms with E-state index in [2.05, 4.69) is 4.99 Å². The molecule has 0 aliphatic carbocycles. The molecule has 0 amide bonds.